The number of carbonyl (C=O) groups excluding carboxylic acids is 2. The lowest BCUT2D eigenvalue weighted by atomic mass is 9.91. The normalized spacial score (nSPS) is 23.7. The Morgan fingerprint density at radius 1 is 1.15 bits per heavy atom. The third kappa shape index (κ3) is 5.95. The number of halogens is 2. The van der Waals surface area contributed by atoms with Crippen molar-refractivity contribution in [3.63, 3.8) is 0 Å². The molecule has 1 aromatic rings. The fraction of sp³-hybridized carbons (Fsp3) is 0.680. The van der Waals surface area contributed by atoms with Crippen LogP contribution in [0, 0.1) is 29.4 Å². The number of ether oxygens (including phenoxy) is 2. The summed E-state index contributed by atoms with van der Waals surface area (Å²) in [6.45, 7) is 3.89. The van der Waals surface area contributed by atoms with Gasteiger partial charge in [-0.25, -0.2) is 13.6 Å². The van der Waals surface area contributed by atoms with Gasteiger partial charge in [-0.1, -0.05) is 0 Å². The van der Waals surface area contributed by atoms with E-state index < -0.39 is 11.6 Å². The van der Waals surface area contributed by atoms with Gasteiger partial charge in [0.1, 0.15) is 23.0 Å². The zero-order chi connectivity index (χ0) is 23.8. The summed E-state index contributed by atoms with van der Waals surface area (Å²) in [4.78, 5) is 27.2. The van der Waals surface area contributed by atoms with E-state index in [4.69, 9.17) is 9.47 Å². The van der Waals surface area contributed by atoms with Gasteiger partial charge < -0.3 is 19.3 Å². The van der Waals surface area contributed by atoms with Gasteiger partial charge in [-0.2, -0.15) is 0 Å². The molecule has 2 amide bonds. The summed E-state index contributed by atoms with van der Waals surface area (Å²) in [7, 11) is 3.10. The number of benzene rings is 1. The molecule has 33 heavy (non-hydrogen) atoms. The van der Waals surface area contributed by atoms with E-state index in [1.807, 2.05) is 11.8 Å². The topological polar surface area (TPSA) is 59.1 Å². The molecule has 3 aliphatic rings. The fourth-order valence-electron chi connectivity index (χ4n) is 4.71. The van der Waals surface area contributed by atoms with Crippen LogP contribution < -0.4 is 4.74 Å². The van der Waals surface area contributed by atoms with E-state index in [9.17, 15) is 18.4 Å². The average Bonchev–Trinajstić information content (AvgIpc) is 3.68. The van der Waals surface area contributed by atoms with E-state index in [0.29, 0.717) is 24.4 Å². The van der Waals surface area contributed by atoms with Crippen LogP contribution in [0.5, 0.6) is 5.75 Å². The second kappa shape index (κ2) is 9.47. The van der Waals surface area contributed by atoms with Crippen LogP contribution >= 0.6 is 0 Å². The van der Waals surface area contributed by atoms with Crippen molar-refractivity contribution in [2.75, 3.05) is 33.8 Å². The molecule has 2 aliphatic carbocycles. The Hall–Kier alpha value is -2.38. The standard InChI is InChI=1S/C25H34F2N2O4/c1-25(7-8-25)33-24(31)29-9-4-16(5-10-29)19-12-17(19)6-11-32-18-13-21(26)20(22(27)14-18)15-23(30)28(2)3/h13-14,16-17,19H,4-12,15H2,1-3H3/t17-,19+/m0/s1. The second-order valence-electron chi connectivity index (χ2n) is 10.3. The number of nitrogens with zero attached hydrogens (tertiary/aromatic N) is 2. The first-order valence-corrected chi connectivity index (χ1v) is 11.9. The molecule has 3 fully saturated rings. The Morgan fingerprint density at radius 3 is 2.36 bits per heavy atom. The van der Waals surface area contributed by atoms with Gasteiger partial charge in [0, 0.05) is 44.9 Å². The summed E-state index contributed by atoms with van der Waals surface area (Å²) < 4.78 is 39.8. The number of piperidine rings is 1. The number of hydrogen-bond acceptors (Lipinski definition) is 4. The molecule has 0 spiro atoms. The lowest BCUT2D eigenvalue weighted by molar-refractivity contribution is -0.128. The molecule has 1 heterocycles. The highest BCUT2D eigenvalue weighted by molar-refractivity contribution is 5.78. The van der Waals surface area contributed by atoms with Crippen LogP contribution in [0.15, 0.2) is 12.1 Å². The Morgan fingerprint density at radius 2 is 1.79 bits per heavy atom. The quantitative estimate of drug-likeness (QED) is 0.572. The number of likely N-dealkylation sites (N-methyl/N-ethyl adjacent to an activating group) is 1. The number of carbonyl (C=O) groups is 2. The predicted octanol–water partition coefficient (Wildman–Crippen LogP) is 4.40. The third-order valence-electron chi connectivity index (χ3n) is 7.37. The van der Waals surface area contributed by atoms with Crippen molar-refractivity contribution in [2.45, 2.75) is 57.5 Å². The van der Waals surface area contributed by atoms with Gasteiger partial charge in [-0.15, -0.1) is 0 Å². The molecule has 0 radical (unpaired) electrons. The molecule has 6 nitrogen and oxygen atoms in total. The molecule has 182 valence electrons. The third-order valence-corrected chi connectivity index (χ3v) is 7.37. The highest BCUT2D eigenvalue weighted by Gasteiger charge is 2.45. The molecule has 0 unspecified atom stereocenters. The van der Waals surface area contributed by atoms with Crippen molar-refractivity contribution in [2.24, 2.45) is 17.8 Å². The van der Waals surface area contributed by atoms with E-state index in [1.165, 1.54) is 4.90 Å². The maximum atomic E-state index is 14.3. The number of rotatable bonds is 8. The molecule has 4 rings (SSSR count). The smallest absolute Gasteiger partial charge is 0.410 e. The van der Waals surface area contributed by atoms with Crippen molar-refractivity contribution in [3.05, 3.63) is 29.3 Å². The molecule has 0 N–H and O–H groups in total. The number of likely N-dealkylation sites (tertiary alicyclic amines) is 1. The number of amides is 2. The van der Waals surface area contributed by atoms with Crippen molar-refractivity contribution in [1.82, 2.24) is 9.80 Å². The van der Waals surface area contributed by atoms with Gasteiger partial charge in [0.2, 0.25) is 5.91 Å². The minimum absolute atomic E-state index is 0.152. The van der Waals surface area contributed by atoms with Crippen LogP contribution in [0.4, 0.5) is 13.6 Å². The molecule has 0 bridgehead atoms. The van der Waals surface area contributed by atoms with Gasteiger partial charge in [0.25, 0.3) is 0 Å². The summed E-state index contributed by atoms with van der Waals surface area (Å²) in [6, 6.07) is 2.31. The molecule has 0 aromatic heterocycles. The molecule has 2 atom stereocenters. The Bertz CT molecular complexity index is 871. The van der Waals surface area contributed by atoms with Crippen LogP contribution in [0.3, 0.4) is 0 Å². The van der Waals surface area contributed by atoms with Crippen molar-refractivity contribution < 1.29 is 27.8 Å². The van der Waals surface area contributed by atoms with E-state index >= 15 is 0 Å². The van der Waals surface area contributed by atoms with Gasteiger partial charge >= 0.3 is 6.09 Å². The Kier molecular flexibility index (Phi) is 6.82. The van der Waals surface area contributed by atoms with E-state index in [2.05, 4.69) is 0 Å². The maximum Gasteiger partial charge on any atom is 0.410 e. The van der Waals surface area contributed by atoms with Gasteiger partial charge in [0.15, 0.2) is 0 Å². The van der Waals surface area contributed by atoms with E-state index in [0.717, 1.165) is 63.7 Å². The highest BCUT2D eigenvalue weighted by atomic mass is 19.1. The highest BCUT2D eigenvalue weighted by Crippen LogP contribution is 2.50. The van der Waals surface area contributed by atoms with Crippen LogP contribution in [0.25, 0.3) is 0 Å². The summed E-state index contributed by atoms with van der Waals surface area (Å²) in [6.07, 6.45) is 5.41. The van der Waals surface area contributed by atoms with Crippen molar-refractivity contribution in [1.29, 1.82) is 0 Å². The largest absolute Gasteiger partial charge is 0.493 e. The van der Waals surface area contributed by atoms with Gasteiger partial charge in [-0.3, -0.25) is 4.79 Å². The van der Waals surface area contributed by atoms with Crippen molar-refractivity contribution in [3.8, 4) is 5.75 Å². The van der Waals surface area contributed by atoms with Gasteiger partial charge in [0.05, 0.1) is 13.0 Å². The fourth-order valence-corrected chi connectivity index (χ4v) is 4.71. The molecule has 1 aliphatic heterocycles. The molecule has 1 aromatic carbocycles. The molecule has 8 heteroatoms. The first-order chi connectivity index (χ1) is 15.6. The molecular formula is C25H34F2N2O4. The van der Waals surface area contributed by atoms with Crippen molar-refractivity contribution >= 4 is 12.0 Å². The zero-order valence-corrected chi connectivity index (χ0v) is 19.7. The Labute approximate surface area is 194 Å². The molecular weight excluding hydrogens is 430 g/mol. The summed E-state index contributed by atoms with van der Waals surface area (Å²) in [5, 5.41) is 0. The second-order valence-corrected chi connectivity index (χ2v) is 10.3. The zero-order valence-electron chi connectivity index (χ0n) is 19.7. The van der Waals surface area contributed by atoms with E-state index in [-0.39, 0.29) is 35.3 Å². The van der Waals surface area contributed by atoms with Crippen LogP contribution in [0.1, 0.15) is 51.0 Å². The SMILES string of the molecule is CN(C)C(=O)Cc1c(F)cc(OCC[C@H]2C[C@@H]2C2CCN(C(=O)OC3(C)CC3)CC2)cc1F. The predicted molar refractivity (Wildman–Crippen MR) is 119 cm³/mol. The van der Waals surface area contributed by atoms with E-state index in [1.54, 1.807) is 14.1 Å². The average molecular weight is 465 g/mol. The maximum absolute atomic E-state index is 14.3. The van der Waals surface area contributed by atoms with Crippen LogP contribution in [-0.2, 0) is 16.0 Å². The minimum Gasteiger partial charge on any atom is -0.493 e. The lowest BCUT2D eigenvalue weighted by Gasteiger charge is -2.32. The van der Waals surface area contributed by atoms with Crippen LogP contribution in [0.2, 0.25) is 0 Å². The first kappa shape index (κ1) is 23.8. The Balaban J connectivity index is 1.17. The lowest BCUT2D eigenvalue weighted by Crippen LogP contribution is -2.40. The summed E-state index contributed by atoms with van der Waals surface area (Å²) in [5.74, 6) is 0.0849. The van der Waals surface area contributed by atoms with Crippen LogP contribution in [-0.4, -0.2) is 61.2 Å². The monoisotopic (exact) mass is 464 g/mol. The minimum atomic E-state index is -0.759. The molecule has 2 saturated carbocycles. The van der Waals surface area contributed by atoms with Gasteiger partial charge in [-0.05, 0) is 63.2 Å². The summed E-state index contributed by atoms with van der Waals surface area (Å²) in [5.41, 5.74) is -0.463. The number of hydrogen-bond donors (Lipinski definition) is 0. The molecule has 1 saturated heterocycles. The summed E-state index contributed by atoms with van der Waals surface area (Å²) >= 11 is 0. The first-order valence-electron chi connectivity index (χ1n) is 11.9.